The van der Waals surface area contributed by atoms with Crippen LogP contribution in [0.2, 0.25) is 0 Å². The molecule has 1 aliphatic carbocycles. The van der Waals surface area contributed by atoms with Gasteiger partial charge in [-0.15, -0.1) is 5.10 Å². The van der Waals surface area contributed by atoms with Crippen LogP contribution in [0, 0.1) is 0 Å². The summed E-state index contributed by atoms with van der Waals surface area (Å²) in [5.74, 6) is 0. The van der Waals surface area contributed by atoms with E-state index in [0.29, 0.717) is 11.8 Å². The number of halogens is 3. The fourth-order valence-electron chi connectivity index (χ4n) is 5.68. The van der Waals surface area contributed by atoms with Crippen molar-refractivity contribution in [3.63, 3.8) is 0 Å². The van der Waals surface area contributed by atoms with E-state index >= 15 is 0 Å². The molecular formula is C28H34F3N5O2S. The number of sulfonamides is 1. The van der Waals surface area contributed by atoms with Crippen molar-refractivity contribution in [3.05, 3.63) is 76.6 Å². The van der Waals surface area contributed by atoms with Crippen LogP contribution in [-0.4, -0.2) is 47.4 Å². The van der Waals surface area contributed by atoms with E-state index in [9.17, 15) is 21.6 Å². The molecule has 2 aliphatic rings. The van der Waals surface area contributed by atoms with E-state index in [1.807, 2.05) is 10.9 Å². The number of piperidine rings is 1. The Labute approximate surface area is 227 Å². The summed E-state index contributed by atoms with van der Waals surface area (Å²) in [5, 5.41) is 8.63. The normalized spacial score (nSPS) is 19.5. The number of alkyl halides is 3. The van der Waals surface area contributed by atoms with E-state index in [0.717, 1.165) is 57.1 Å². The number of hydrogen-bond acceptors (Lipinski definition) is 5. The number of likely N-dealkylation sites (tertiary alicyclic amines) is 1. The average Bonchev–Trinajstić information content (AvgIpc) is 3.36. The third kappa shape index (κ3) is 6.70. The highest BCUT2D eigenvalue weighted by Crippen LogP contribution is 2.34. The molecule has 1 saturated heterocycles. The fraction of sp³-hybridized carbons (Fsp3) is 0.500. The van der Waals surface area contributed by atoms with Crippen LogP contribution in [0.3, 0.4) is 0 Å². The predicted molar refractivity (Wildman–Crippen MR) is 142 cm³/mol. The molecule has 2 aromatic carbocycles. The minimum atomic E-state index is -4.62. The molecule has 11 heteroatoms. The average molecular weight is 562 g/mol. The molecule has 0 amide bonds. The number of nitrogens with one attached hydrogen (secondary N) is 1. The summed E-state index contributed by atoms with van der Waals surface area (Å²) in [6.07, 6.45) is 4.37. The Morgan fingerprint density at radius 3 is 2.64 bits per heavy atom. The van der Waals surface area contributed by atoms with Crippen LogP contribution in [0.25, 0.3) is 0 Å². The lowest BCUT2D eigenvalue weighted by Crippen LogP contribution is -2.34. The van der Waals surface area contributed by atoms with Gasteiger partial charge in [0.1, 0.15) is 0 Å². The fourth-order valence-corrected chi connectivity index (χ4v) is 6.97. The first-order chi connectivity index (χ1) is 18.6. The summed E-state index contributed by atoms with van der Waals surface area (Å²) in [5.41, 5.74) is 3.55. The van der Waals surface area contributed by atoms with E-state index in [1.165, 1.54) is 36.0 Å². The van der Waals surface area contributed by atoms with Crippen molar-refractivity contribution in [2.75, 3.05) is 13.1 Å². The number of benzene rings is 2. The van der Waals surface area contributed by atoms with Gasteiger partial charge in [-0.3, -0.25) is 4.90 Å². The zero-order chi connectivity index (χ0) is 27.6. The third-order valence-corrected chi connectivity index (χ3v) is 9.15. The second-order valence-electron chi connectivity index (χ2n) is 10.7. The molecule has 2 atom stereocenters. The van der Waals surface area contributed by atoms with E-state index in [2.05, 4.69) is 38.1 Å². The van der Waals surface area contributed by atoms with Crippen LogP contribution in [0.5, 0.6) is 0 Å². The Kier molecular flexibility index (Phi) is 8.11. The largest absolute Gasteiger partial charge is 0.416 e. The molecule has 1 aliphatic heterocycles. The minimum Gasteiger partial charge on any atom is -0.299 e. The van der Waals surface area contributed by atoms with Crippen molar-refractivity contribution >= 4 is 10.0 Å². The Morgan fingerprint density at radius 2 is 1.87 bits per heavy atom. The molecular weight excluding hydrogens is 527 g/mol. The molecule has 39 heavy (non-hydrogen) atoms. The maximum absolute atomic E-state index is 13.0. The van der Waals surface area contributed by atoms with Gasteiger partial charge in [-0.25, -0.2) is 17.8 Å². The molecule has 1 N–H and O–H groups in total. The van der Waals surface area contributed by atoms with Crippen molar-refractivity contribution < 1.29 is 21.6 Å². The monoisotopic (exact) mass is 561 g/mol. The second-order valence-corrected chi connectivity index (χ2v) is 12.4. The summed E-state index contributed by atoms with van der Waals surface area (Å²) in [6, 6.07) is 9.97. The highest BCUT2D eigenvalue weighted by Gasteiger charge is 2.32. The van der Waals surface area contributed by atoms with Gasteiger partial charge in [-0.2, -0.15) is 13.2 Å². The van der Waals surface area contributed by atoms with Crippen molar-refractivity contribution in [1.82, 2.24) is 24.6 Å². The number of hydrogen-bond donors (Lipinski definition) is 1. The Balaban J connectivity index is 1.24. The maximum atomic E-state index is 13.0. The quantitative estimate of drug-likeness (QED) is 0.413. The molecule has 7 nitrogen and oxygen atoms in total. The molecule has 0 bridgehead atoms. The lowest BCUT2D eigenvalue weighted by atomic mass is 9.86. The molecule has 1 unspecified atom stereocenters. The van der Waals surface area contributed by atoms with Gasteiger partial charge in [0, 0.05) is 25.2 Å². The maximum Gasteiger partial charge on any atom is 0.416 e. The Morgan fingerprint density at radius 1 is 1.08 bits per heavy atom. The molecule has 210 valence electrons. The number of aromatic nitrogens is 3. The summed E-state index contributed by atoms with van der Waals surface area (Å²) >= 11 is 0. The molecule has 0 radical (unpaired) electrons. The standard InChI is InChI=1S/C28H34F3N5O2S/c1-20(33-39(37,38)25-9-6-8-23(17-25)28(29,30)31)15-24-19-36(34-32-24)27-10-5-7-22-16-21(11-12-26(22)27)18-35-13-3-2-4-14-35/h6,8-9,11-12,16-17,19-20,27,33H,2-5,7,10,13-15,18H2,1H3/t20-,27?/m0/s1. The molecule has 2 heterocycles. The van der Waals surface area contributed by atoms with E-state index in [-0.39, 0.29) is 12.5 Å². The van der Waals surface area contributed by atoms with Gasteiger partial charge in [0.15, 0.2) is 0 Å². The summed E-state index contributed by atoms with van der Waals surface area (Å²) < 4.78 is 68.9. The SMILES string of the molecule is C[C@@H](Cc1cn(C2CCCc3cc(CN4CCCCC4)ccc32)nn1)NS(=O)(=O)c1cccc(C(F)(F)F)c1. The van der Waals surface area contributed by atoms with Crippen molar-refractivity contribution in [3.8, 4) is 0 Å². The van der Waals surface area contributed by atoms with E-state index < -0.39 is 32.7 Å². The smallest absolute Gasteiger partial charge is 0.299 e. The van der Waals surface area contributed by atoms with Gasteiger partial charge in [-0.1, -0.05) is 35.9 Å². The van der Waals surface area contributed by atoms with Gasteiger partial charge < -0.3 is 0 Å². The molecule has 1 aromatic heterocycles. The highest BCUT2D eigenvalue weighted by atomic mass is 32.2. The second kappa shape index (κ2) is 11.4. The molecule has 1 fully saturated rings. The highest BCUT2D eigenvalue weighted by molar-refractivity contribution is 7.89. The molecule has 0 spiro atoms. The zero-order valence-corrected chi connectivity index (χ0v) is 22.8. The van der Waals surface area contributed by atoms with Crippen LogP contribution in [0.4, 0.5) is 13.2 Å². The van der Waals surface area contributed by atoms with Crippen LogP contribution < -0.4 is 4.72 Å². The van der Waals surface area contributed by atoms with Crippen molar-refractivity contribution in [1.29, 1.82) is 0 Å². The summed E-state index contributed by atoms with van der Waals surface area (Å²) in [4.78, 5) is 2.10. The van der Waals surface area contributed by atoms with Gasteiger partial charge in [0.2, 0.25) is 10.0 Å². The Bertz CT molecular complexity index is 1400. The van der Waals surface area contributed by atoms with Crippen LogP contribution in [-0.2, 0) is 35.6 Å². The summed E-state index contributed by atoms with van der Waals surface area (Å²) in [7, 11) is -4.14. The summed E-state index contributed by atoms with van der Waals surface area (Å²) in [6.45, 7) is 4.97. The lowest BCUT2D eigenvalue weighted by Gasteiger charge is -2.29. The van der Waals surface area contributed by atoms with Gasteiger partial charge in [0.05, 0.1) is 22.2 Å². The van der Waals surface area contributed by atoms with Crippen LogP contribution in [0.15, 0.2) is 53.6 Å². The van der Waals surface area contributed by atoms with Gasteiger partial charge in [0.25, 0.3) is 0 Å². The zero-order valence-electron chi connectivity index (χ0n) is 22.0. The Hall–Kier alpha value is -2.76. The third-order valence-electron chi connectivity index (χ3n) is 7.57. The number of fused-ring (bicyclic) bond motifs is 1. The van der Waals surface area contributed by atoms with Crippen LogP contribution in [0.1, 0.15) is 73.0 Å². The number of nitrogens with zero attached hydrogens (tertiary/aromatic N) is 4. The first-order valence-corrected chi connectivity index (χ1v) is 15.0. The van der Waals surface area contributed by atoms with Gasteiger partial charge in [-0.05, 0) is 87.0 Å². The molecule has 0 saturated carbocycles. The van der Waals surface area contributed by atoms with E-state index in [1.54, 1.807) is 6.92 Å². The molecule has 3 aromatic rings. The topological polar surface area (TPSA) is 80.1 Å². The van der Waals surface area contributed by atoms with E-state index in [4.69, 9.17) is 0 Å². The van der Waals surface area contributed by atoms with Crippen molar-refractivity contribution in [2.24, 2.45) is 0 Å². The predicted octanol–water partition coefficient (Wildman–Crippen LogP) is 5.12. The van der Waals surface area contributed by atoms with Crippen LogP contribution >= 0.6 is 0 Å². The molecule has 5 rings (SSSR count). The number of aryl methyl sites for hydroxylation is 1. The lowest BCUT2D eigenvalue weighted by molar-refractivity contribution is -0.137. The first kappa shape index (κ1) is 27.8. The number of rotatable bonds is 8. The first-order valence-electron chi connectivity index (χ1n) is 13.5. The van der Waals surface area contributed by atoms with Gasteiger partial charge >= 0.3 is 6.18 Å². The minimum absolute atomic E-state index is 0.0659. The van der Waals surface area contributed by atoms with Crippen molar-refractivity contribution in [2.45, 2.75) is 81.6 Å².